The molecule has 134 valence electrons. The monoisotopic (exact) mass is 350 g/mol. The van der Waals surface area contributed by atoms with E-state index in [1.807, 2.05) is 24.3 Å². The van der Waals surface area contributed by atoms with Crippen LogP contribution >= 0.6 is 0 Å². The summed E-state index contributed by atoms with van der Waals surface area (Å²) in [6.07, 6.45) is 5.76. The highest BCUT2D eigenvalue weighted by molar-refractivity contribution is 5.52. The first-order valence-electron chi connectivity index (χ1n) is 8.58. The Kier molecular flexibility index (Phi) is 7.23. The molecule has 0 fully saturated rings. The Morgan fingerprint density at radius 3 is 2.28 bits per heavy atom. The van der Waals surface area contributed by atoms with Crippen molar-refractivity contribution >= 4 is 6.08 Å². The van der Waals surface area contributed by atoms with Crippen molar-refractivity contribution in [2.75, 3.05) is 0 Å². The minimum Gasteiger partial charge on any atom is -0.212 e. The fraction of sp³-hybridized carbons (Fsp3) is 0.333. The lowest BCUT2D eigenvalue weighted by molar-refractivity contribution is 0.445. The highest BCUT2D eigenvalue weighted by Gasteiger charge is 2.10. The van der Waals surface area contributed by atoms with Gasteiger partial charge in [0.2, 0.25) is 0 Å². The van der Waals surface area contributed by atoms with Crippen LogP contribution in [0, 0.1) is 17.5 Å². The van der Waals surface area contributed by atoms with E-state index in [4.69, 9.17) is 0 Å². The van der Waals surface area contributed by atoms with E-state index in [9.17, 15) is 17.6 Å². The molecule has 0 aliphatic heterocycles. The predicted molar refractivity (Wildman–Crippen MR) is 93.4 cm³/mol. The second-order valence-corrected chi connectivity index (χ2v) is 6.17. The molecule has 2 aromatic carbocycles. The van der Waals surface area contributed by atoms with Gasteiger partial charge >= 0.3 is 0 Å². The number of aryl methyl sites for hydroxylation is 2. The van der Waals surface area contributed by atoms with Gasteiger partial charge in [-0.1, -0.05) is 44.0 Å². The molecule has 2 aromatic rings. The van der Waals surface area contributed by atoms with E-state index in [1.54, 1.807) is 0 Å². The van der Waals surface area contributed by atoms with Gasteiger partial charge in [-0.3, -0.25) is 0 Å². The molecule has 25 heavy (non-hydrogen) atoms. The summed E-state index contributed by atoms with van der Waals surface area (Å²) >= 11 is 0. The summed E-state index contributed by atoms with van der Waals surface area (Å²) in [5.74, 6) is -3.95. The smallest absolute Gasteiger partial charge is 0.194 e. The zero-order valence-corrected chi connectivity index (χ0v) is 14.3. The maximum atomic E-state index is 13.9. The van der Waals surface area contributed by atoms with Gasteiger partial charge in [0.1, 0.15) is 5.83 Å². The van der Waals surface area contributed by atoms with Gasteiger partial charge in [0, 0.05) is 0 Å². The number of hydrogen-bond acceptors (Lipinski definition) is 0. The average molecular weight is 350 g/mol. The summed E-state index contributed by atoms with van der Waals surface area (Å²) in [6, 6.07) is 9.40. The highest BCUT2D eigenvalue weighted by atomic mass is 19.2. The molecule has 0 radical (unpaired) electrons. The van der Waals surface area contributed by atoms with Crippen LogP contribution in [0.15, 0.2) is 42.2 Å². The van der Waals surface area contributed by atoms with E-state index in [0.717, 1.165) is 42.5 Å². The number of halogens is 4. The summed E-state index contributed by atoms with van der Waals surface area (Å²) in [4.78, 5) is 0. The number of hydrogen-bond donors (Lipinski definition) is 0. The second kappa shape index (κ2) is 9.40. The van der Waals surface area contributed by atoms with Crippen molar-refractivity contribution in [1.29, 1.82) is 0 Å². The van der Waals surface area contributed by atoms with Crippen LogP contribution in [-0.4, -0.2) is 0 Å². The van der Waals surface area contributed by atoms with Crippen LogP contribution in [0.3, 0.4) is 0 Å². The fourth-order valence-electron chi connectivity index (χ4n) is 2.68. The molecule has 0 saturated heterocycles. The van der Waals surface area contributed by atoms with Crippen LogP contribution in [0.1, 0.15) is 49.3 Å². The molecule has 4 heteroatoms. The van der Waals surface area contributed by atoms with E-state index >= 15 is 0 Å². The lowest BCUT2D eigenvalue weighted by atomic mass is 10.0. The Hall–Kier alpha value is -2.10. The lowest BCUT2D eigenvalue weighted by Gasteiger charge is -2.05. The average Bonchev–Trinajstić information content (AvgIpc) is 2.58. The van der Waals surface area contributed by atoms with Gasteiger partial charge in [-0.25, -0.2) is 17.6 Å². The molecule has 0 nitrogen and oxygen atoms in total. The Morgan fingerprint density at radius 2 is 1.60 bits per heavy atom. The van der Waals surface area contributed by atoms with Gasteiger partial charge in [0.15, 0.2) is 17.5 Å². The van der Waals surface area contributed by atoms with Crippen molar-refractivity contribution in [3.05, 3.63) is 76.4 Å². The van der Waals surface area contributed by atoms with Crippen molar-refractivity contribution < 1.29 is 17.6 Å². The van der Waals surface area contributed by atoms with Gasteiger partial charge in [0.25, 0.3) is 0 Å². The van der Waals surface area contributed by atoms with Crippen LogP contribution < -0.4 is 0 Å². The first-order chi connectivity index (χ1) is 12.0. The molecule has 0 aromatic heterocycles. The Morgan fingerprint density at radius 1 is 0.920 bits per heavy atom. The quantitative estimate of drug-likeness (QED) is 0.280. The van der Waals surface area contributed by atoms with Gasteiger partial charge < -0.3 is 0 Å². The van der Waals surface area contributed by atoms with E-state index in [0.29, 0.717) is 24.8 Å². The molecule has 0 spiro atoms. The van der Waals surface area contributed by atoms with Gasteiger partial charge in [-0.05, 0) is 60.6 Å². The van der Waals surface area contributed by atoms with Crippen molar-refractivity contribution in [3.63, 3.8) is 0 Å². The molecular formula is C21H22F4. The number of rotatable bonds is 8. The van der Waals surface area contributed by atoms with Crippen LogP contribution in [-0.2, 0) is 12.8 Å². The minimum atomic E-state index is -1.45. The predicted octanol–water partition coefficient (Wildman–Crippen LogP) is 6.78. The van der Waals surface area contributed by atoms with E-state index in [-0.39, 0.29) is 5.83 Å². The topological polar surface area (TPSA) is 0 Å². The van der Waals surface area contributed by atoms with Crippen molar-refractivity contribution in [2.24, 2.45) is 0 Å². The number of allylic oxidation sites excluding steroid dienone is 1. The first kappa shape index (κ1) is 19.2. The highest BCUT2D eigenvalue weighted by Crippen LogP contribution is 2.18. The maximum Gasteiger partial charge on any atom is 0.194 e. The fourth-order valence-corrected chi connectivity index (χ4v) is 2.68. The molecule has 0 aliphatic rings. The molecule has 0 saturated carbocycles. The lowest BCUT2D eigenvalue weighted by Crippen LogP contribution is -1.97. The number of unbranched alkanes of at least 4 members (excludes halogenated alkanes) is 2. The van der Waals surface area contributed by atoms with Crippen LogP contribution in [0.25, 0.3) is 6.08 Å². The Labute approximate surface area is 146 Å². The standard InChI is InChI=1S/C21H22F4/c1-2-3-4-8-18(22)12-16-7-5-6-15(11-16)9-10-17-13-19(23)21(25)20(24)14-17/h5-7,11-14H,2-4,8-10H2,1H3/b18-12+. The van der Waals surface area contributed by atoms with E-state index in [2.05, 4.69) is 6.92 Å². The third-order valence-electron chi connectivity index (χ3n) is 4.04. The maximum absolute atomic E-state index is 13.9. The van der Waals surface area contributed by atoms with Gasteiger partial charge in [-0.2, -0.15) is 0 Å². The molecule has 0 atom stereocenters. The molecule has 0 unspecified atom stereocenters. The van der Waals surface area contributed by atoms with E-state index < -0.39 is 17.5 Å². The third-order valence-corrected chi connectivity index (χ3v) is 4.04. The van der Waals surface area contributed by atoms with Crippen LogP contribution in [0.2, 0.25) is 0 Å². The molecule has 0 heterocycles. The van der Waals surface area contributed by atoms with Crippen molar-refractivity contribution in [1.82, 2.24) is 0 Å². The zero-order chi connectivity index (χ0) is 18.2. The van der Waals surface area contributed by atoms with E-state index in [1.165, 1.54) is 6.08 Å². The summed E-state index contributed by atoms with van der Waals surface area (Å²) in [6.45, 7) is 2.07. The van der Waals surface area contributed by atoms with Crippen LogP contribution in [0.4, 0.5) is 17.6 Å². The normalized spacial score (nSPS) is 11.8. The summed E-state index contributed by atoms with van der Waals surface area (Å²) < 4.78 is 53.3. The molecule has 0 aliphatic carbocycles. The number of benzene rings is 2. The second-order valence-electron chi connectivity index (χ2n) is 6.17. The third kappa shape index (κ3) is 6.04. The SMILES string of the molecule is CCCCC/C(F)=C\c1cccc(CCc2cc(F)c(F)c(F)c2)c1. The van der Waals surface area contributed by atoms with Crippen molar-refractivity contribution in [2.45, 2.75) is 45.4 Å². The Balaban J connectivity index is 2.00. The van der Waals surface area contributed by atoms with Gasteiger partial charge in [-0.15, -0.1) is 0 Å². The molecule has 0 bridgehead atoms. The summed E-state index contributed by atoms with van der Waals surface area (Å²) in [7, 11) is 0. The molecule has 2 rings (SSSR count). The Bertz CT molecular complexity index is 711. The van der Waals surface area contributed by atoms with Crippen molar-refractivity contribution in [3.8, 4) is 0 Å². The molecular weight excluding hydrogens is 328 g/mol. The largest absolute Gasteiger partial charge is 0.212 e. The zero-order valence-electron chi connectivity index (χ0n) is 14.3. The molecule has 0 N–H and O–H groups in total. The summed E-state index contributed by atoms with van der Waals surface area (Å²) in [5, 5.41) is 0. The first-order valence-corrected chi connectivity index (χ1v) is 8.58. The minimum absolute atomic E-state index is 0.145. The van der Waals surface area contributed by atoms with Gasteiger partial charge in [0.05, 0.1) is 0 Å². The van der Waals surface area contributed by atoms with Crippen LogP contribution in [0.5, 0.6) is 0 Å². The molecule has 0 amide bonds. The summed E-state index contributed by atoms with van der Waals surface area (Å²) in [5.41, 5.74) is 2.09.